The fourth-order valence-corrected chi connectivity index (χ4v) is 4.24. The molecule has 3 aliphatic rings. The predicted octanol–water partition coefficient (Wildman–Crippen LogP) is 3.05. The van der Waals surface area contributed by atoms with Crippen LogP contribution in [0.3, 0.4) is 0 Å². The molecule has 0 aromatic rings. The second-order valence-corrected chi connectivity index (χ2v) is 7.26. The first-order valence-corrected chi connectivity index (χ1v) is 8.00. The number of hydrogen-bond donors (Lipinski definition) is 1. The van der Waals surface area contributed by atoms with Crippen molar-refractivity contribution in [3.63, 3.8) is 0 Å². The topological polar surface area (TPSA) is 38.7 Å². The van der Waals surface area contributed by atoms with Crippen molar-refractivity contribution in [2.45, 2.75) is 82.0 Å². The third kappa shape index (κ3) is 2.45. The van der Waals surface area contributed by atoms with Crippen LogP contribution in [0.15, 0.2) is 0 Å². The van der Waals surface area contributed by atoms with Crippen molar-refractivity contribution >= 4 is 0 Å². The zero-order valence-corrected chi connectivity index (χ0v) is 12.4. The Morgan fingerprint density at radius 2 is 1.95 bits per heavy atom. The predicted molar refractivity (Wildman–Crippen MR) is 74.1 cm³/mol. The molecule has 1 spiro atoms. The molecule has 3 atom stereocenters. The van der Waals surface area contributed by atoms with Gasteiger partial charge in [-0.25, -0.2) is 0 Å². The highest BCUT2D eigenvalue weighted by Crippen LogP contribution is 2.50. The van der Waals surface area contributed by atoms with Gasteiger partial charge < -0.3 is 14.6 Å². The van der Waals surface area contributed by atoms with E-state index in [0.29, 0.717) is 12.5 Å². The summed E-state index contributed by atoms with van der Waals surface area (Å²) in [6, 6.07) is 0. The van der Waals surface area contributed by atoms with Crippen LogP contribution in [0.2, 0.25) is 0 Å². The summed E-state index contributed by atoms with van der Waals surface area (Å²) in [6.07, 6.45) is 8.31. The lowest BCUT2D eigenvalue weighted by molar-refractivity contribution is -0.215. The maximum Gasteiger partial charge on any atom is 0.0727 e. The lowest BCUT2D eigenvalue weighted by atomic mass is 9.64. The van der Waals surface area contributed by atoms with Gasteiger partial charge >= 0.3 is 0 Å². The quantitative estimate of drug-likeness (QED) is 0.836. The van der Waals surface area contributed by atoms with Gasteiger partial charge in [-0.2, -0.15) is 0 Å². The molecule has 1 saturated carbocycles. The third-order valence-electron chi connectivity index (χ3n) is 5.93. The Morgan fingerprint density at radius 3 is 2.58 bits per heavy atom. The lowest BCUT2D eigenvalue weighted by Crippen LogP contribution is -2.56. The van der Waals surface area contributed by atoms with E-state index >= 15 is 0 Å². The molecule has 2 saturated heterocycles. The molecule has 19 heavy (non-hydrogen) atoms. The Labute approximate surface area is 116 Å². The Morgan fingerprint density at radius 1 is 1.16 bits per heavy atom. The fourth-order valence-electron chi connectivity index (χ4n) is 4.24. The normalized spacial score (nSPS) is 45.9. The molecule has 3 nitrogen and oxygen atoms in total. The van der Waals surface area contributed by atoms with Gasteiger partial charge in [-0.15, -0.1) is 0 Å². The van der Waals surface area contributed by atoms with Crippen LogP contribution >= 0.6 is 0 Å². The van der Waals surface area contributed by atoms with Crippen LogP contribution < -0.4 is 0 Å². The van der Waals surface area contributed by atoms with Crippen LogP contribution in [-0.2, 0) is 9.47 Å². The monoisotopic (exact) mass is 268 g/mol. The van der Waals surface area contributed by atoms with Crippen molar-refractivity contribution in [1.29, 1.82) is 0 Å². The van der Waals surface area contributed by atoms with Crippen molar-refractivity contribution in [1.82, 2.24) is 0 Å². The van der Waals surface area contributed by atoms with Crippen molar-refractivity contribution in [3.05, 3.63) is 0 Å². The first-order valence-electron chi connectivity index (χ1n) is 8.00. The standard InChI is InChI=1S/C16H28O3/c1-3-14(2)12-16(17,8-10-18-14)13-5-9-19-15(11-13)6-4-7-15/h13,17H,3-12H2,1-2H3. The summed E-state index contributed by atoms with van der Waals surface area (Å²) in [5.41, 5.74) is -0.549. The van der Waals surface area contributed by atoms with Crippen molar-refractivity contribution in [3.8, 4) is 0 Å². The maximum atomic E-state index is 11.2. The number of rotatable bonds is 2. The van der Waals surface area contributed by atoms with Crippen LogP contribution in [-0.4, -0.2) is 35.1 Å². The summed E-state index contributed by atoms with van der Waals surface area (Å²) >= 11 is 0. The summed E-state index contributed by atoms with van der Waals surface area (Å²) in [6.45, 7) is 5.83. The molecular formula is C16H28O3. The van der Waals surface area contributed by atoms with E-state index in [1.54, 1.807) is 0 Å². The van der Waals surface area contributed by atoms with Crippen molar-refractivity contribution in [2.75, 3.05) is 13.2 Å². The molecule has 2 heterocycles. The van der Waals surface area contributed by atoms with Gasteiger partial charge in [0.15, 0.2) is 0 Å². The summed E-state index contributed by atoms with van der Waals surface area (Å²) in [5, 5.41) is 11.2. The summed E-state index contributed by atoms with van der Waals surface area (Å²) in [7, 11) is 0. The Hall–Kier alpha value is -0.120. The van der Waals surface area contributed by atoms with E-state index in [2.05, 4.69) is 13.8 Å². The lowest BCUT2D eigenvalue weighted by Gasteiger charge is -2.53. The Balaban J connectivity index is 1.72. The highest BCUT2D eigenvalue weighted by molar-refractivity contribution is 5.02. The van der Waals surface area contributed by atoms with Crippen LogP contribution in [0.4, 0.5) is 0 Å². The molecule has 110 valence electrons. The molecule has 0 aromatic heterocycles. The van der Waals surface area contributed by atoms with Gasteiger partial charge in [0.25, 0.3) is 0 Å². The average Bonchev–Trinajstić information content (AvgIpc) is 2.37. The number of aliphatic hydroxyl groups is 1. The van der Waals surface area contributed by atoms with Gasteiger partial charge in [-0.05, 0) is 57.8 Å². The van der Waals surface area contributed by atoms with Gasteiger partial charge in [0.1, 0.15) is 0 Å². The fraction of sp³-hybridized carbons (Fsp3) is 1.00. The van der Waals surface area contributed by atoms with Gasteiger partial charge in [0.05, 0.1) is 23.4 Å². The second kappa shape index (κ2) is 4.71. The van der Waals surface area contributed by atoms with Gasteiger partial charge in [0, 0.05) is 13.0 Å². The molecule has 3 rings (SSSR count). The average molecular weight is 268 g/mol. The van der Waals surface area contributed by atoms with Crippen LogP contribution in [0, 0.1) is 5.92 Å². The Kier molecular flexibility index (Phi) is 3.43. The van der Waals surface area contributed by atoms with E-state index in [1.165, 1.54) is 19.3 Å². The minimum Gasteiger partial charge on any atom is -0.389 e. The van der Waals surface area contributed by atoms with E-state index in [4.69, 9.17) is 9.47 Å². The minimum atomic E-state index is -0.532. The molecular weight excluding hydrogens is 240 g/mol. The zero-order chi connectivity index (χ0) is 13.6. The van der Waals surface area contributed by atoms with Crippen molar-refractivity contribution < 1.29 is 14.6 Å². The molecule has 0 bridgehead atoms. The molecule has 0 radical (unpaired) electrons. The van der Waals surface area contributed by atoms with Crippen molar-refractivity contribution in [2.24, 2.45) is 5.92 Å². The summed E-state index contributed by atoms with van der Waals surface area (Å²) in [4.78, 5) is 0. The summed E-state index contributed by atoms with van der Waals surface area (Å²) in [5.74, 6) is 0.399. The van der Waals surface area contributed by atoms with Crippen LogP contribution in [0.1, 0.15) is 65.2 Å². The molecule has 0 aromatic carbocycles. The van der Waals surface area contributed by atoms with E-state index in [-0.39, 0.29) is 11.2 Å². The van der Waals surface area contributed by atoms with Crippen LogP contribution in [0.25, 0.3) is 0 Å². The van der Waals surface area contributed by atoms with E-state index < -0.39 is 5.60 Å². The van der Waals surface area contributed by atoms with Gasteiger partial charge in [-0.1, -0.05) is 6.92 Å². The molecule has 1 N–H and O–H groups in total. The summed E-state index contributed by atoms with van der Waals surface area (Å²) < 4.78 is 11.9. The smallest absolute Gasteiger partial charge is 0.0727 e. The van der Waals surface area contributed by atoms with E-state index in [0.717, 1.165) is 38.7 Å². The Bertz CT molecular complexity index is 339. The SMILES string of the molecule is CCC1(C)CC(O)(C2CCOC3(CCC3)C2)CCO1. The van der Waals surface area contributed by atoms with Crippen LogP contribution in [0.5, 0.6) is 0 Å². The largest absolute Gasteiger partial charge is 0.389 e. The number of hydrogen-bond acceptors (Lipinski definition) is 3. The second-order valence-electron chi connectivity index (χ2n) is 7.26. The molecule has 2 aliphatic heterocycles. The molecule has 1 aliphatic carbocycles. The molecule has 0 amide bonds. The first-order chi connectivity index (χ1) is 8.99. The maximum absolute atomic E-state index is 11.2. The minimum absolute atomic E-state index is 0.125. The van der Waals surface area contributed by atoms with E-state index in [9.17, 15) is 5.11 Å². The molecule has 3 unspecified atom stereocenters. The third-order valence-corrected chi connectivity index (χ3v) is 5.93. The molecule has 3 heteroatoms. The highest BCUT2D eigenvalue weighted by atomic mass is 16.5. The highest BCUT2D eigenvalue weighted by Gasteiger charge is 2.51. The zero-order valence-electron chi connectivity index (χ0n) is 12.4. The van der Waals surface area contributed by atoms with Gasteiger partial charge in [0.2, 0.25) is 0 Å². The molecule has 3 fully saturated rings. The first kappa shape index (κ1) is 13.8. The number of ether oxygens (including phenoxy) is 2. The van der Waals surface area contributed by atoms with Gasteiger partial charge in [-0.3, -0.25) is 0 Å². The van der Waals surface area contributed by atoms with E-state index in [1.807, 2.05) is 0 Å².